The second-order valence-electron chi connectivity index (χ2n) is 5.26. The summed E-state index contributed by atoms with van der Waals surface area (Å²) in [4.78, 5) is 2.01. The van der Waals surface area contributed by atoms with Crippen LogP contribution in [0.2, 0.25) is 6.82 Å². The Bertz CT molecular complexity index is 198. The molecule has 0 saturated carbocycles. The summed E-state index contributed by atoms with van der Waals surface area (Å²) in [5.41, 5.74) is -0.460. The SMILES string of the molecule is CN(C)[B-]1(C)OC(C)(C)C(C)(C)O1. The van der Waals surface area contributed by atoms with Crippen molar-refractivity contribution in [3.05, 3.63) is 0 Å². The fourth-order valence-electron chi connectivity index (χ4n) is 1.61. The van der Waals surface area contributed by atoms with E-state index in [0.29, 0.717) is 0 Å². The quantitative estimate of drug-likeness (QED) is 0.582. The van der Waals surface area contributed by atoms with Crippen molar-refractivity contribution in [1.29, 1.82) is 0 Å². The van der Waals surface area contributed by atoms with E-state index in [1.807, 2.05) is 25.7 Å². The molecule has 0 aromatic rings. The molecule has 78 valence electrons. The Kier molecular flexibility index (Phi) is 2.30. The molecule has 1 rings (SSSR count). The zero-order valence-corrected chi connectivity index (χ0v) is 9.84. The monoisotopic (exact) mass is 186 g/mol. The number of nitrogens with zero attached hydrogens (tertiary/aromatic N) is 1. The molecule has 1 heterocycles. The van der Waals surface area contributed by atoms with Crippen molar-refractivity contribution < 1.29 is 9.31 Å². The fraction of sp³-hybridized carbons (Fsp3) is 1.00. The van der Waals surface area contributed by atoms with E-state index in [2.05, 4.69) is 27.7 Å². The van der Waals surface area contributed by atoms with Gasteiger partial charge in [0.05, 0.1) is 0 Å². The zero-order chi connectivity index (χ0) is 10.5. The summed E-state index contributed by atoms with van der Waals surface area (Å²) >= 11 is 0. The van der Waals surface area contributed by atoms with Gasteiger partial charge in [-0.3, -0.25) is 0 Å². The molecule has 1 aliphatic heterocycles. The van der Waals surface area contributed by atoms with Crippen LogP contribution in [0, 0.1) is 0 Å². The molecule has 1 saturated heterocycles. The van der Waals surface area contributed by atoms with Crippen molar-refractivity contribution in [2.24, 2.45) is 0 Å². The van der Waals surface area contributed by atoms with E-state index in [9.17, 15) is 0 Å². The lowest BCUT2D eigenvalue weighted by atomic mass is 9.74. The Morgan fingerprint density at radius 3 is 1.38 bits per heavy atom. The Morgan fingerprint density at radius 1 is 0.923 bits per heavy atom. The summed E-state index contributed by atoms with van der Waals surface area (Å²) in [6, 6.07) is 0. The topological polar surface area (TPSA) is 21.7 Å². The molecule has 13 heavy (non-hydrogen) atoms. The highest BCUT2D eigenvalue weighted by atomic mass is 16.7. The molecule has 0 aliphatic carbocycles. The predicted octanol–water partition coefficient (Wildman–Crippen LogP) is 1.72. The molecule has 4 heteroatoms. The van der Waals surface area contributed by atoms with Crippen LogP contribution in [-0.2, 0) is 9.31 Å². The lowest BCUT2D eigenvalue weighted by molar-refractivity contribution is 0.00578. The van der Waals surface area contributed by atoms with E-state index >= 15 is 0 Å². The van der Waals surface area contributed by atoms with Gasteiger partial charge in [0.2, 0.25) is 0 Å². The van der Waals surface area contributed by atoms with Crippen LogP contribution in [0.15, 0.2) is 0 Å². The summed E-state index contributed by atoms with van der Waals surface area (Å²) in [5.74, 6) is 0. The van der Waals surface area contributed by atoms with Crippen LogP contribution >= 0.6 is 0 Å². The molecule has 0 atom stereocenters. The van der Waals surface area contributed by atoms with Crippen LogP contribution in [0.1, 0.15) is 27.7 Å². The van der Waals surface area contributed by atoms with E-state index in [1.165, 1.54) is 0 Å². The number of hydrogen-bond donors (Lipinski definition) is 0. The van der Waals surface area contributed by atoms with Gasteiger partial charge < -0.3 is 14.1 Å². The average Bonchev–Trinajstić information content (AvgIpc) is 1.97. The van der Waals surface area contributed by atoms with Crippen LogP contribution in [-0.4, -0.2) is 36.8 Å². The molecule has 0 aromatic heterocycles. The average molecular weight is 186 g/mol. The highest BCUT2D eigenvalue weighted by Crippen LogP contribution is 2.41. The van der Waals surface area contributed by atoms with Crippen molar-refractivity contribution in [3.63, 3.8) is 0 Å². The van der Waals surface area contributed by atoms with Crippen molar-refractivity contribution in [2.75, 3.05) is 14.1 Å². The minimum absolute atomic E-state index is 0.230. The van der Waals surface area contributed by atoms with Gasteiger partial charge in [-0.1, -0.05) is 0 Å². The van der Waals surface area contributed by atoms with E-state index in [0.717, 1.165) is 0 Å². The van der Waals surface area contributed by atoms with Crippen molar-refractivity contribution >= 4 is 6.69 Å². The van der Waals surface area contributed by atoms with Gasteiger partial charge in [-0.25, -0.2) is 0 Å². The van der Waals surface area contributed by atoms with Gasteiger partial charge in [-0.2, -0.15) is 0 Å². The first-order valence-corrected chi connectivity index (χ1v) is 4.86. The Balaban J connectivity index is 2.93. The Morgan fingerprint density at radius 2 is 1.23 bits per heavy atom. The molecule has 0 unspecified atom stereocenters. The highest BCUT2D eigenvalue weighted by Gasteiger charge is 2.50. The molecule has 1 fully saturated rings. The van der Waals surface area contributed by atoms with Crippen LogP contribution in [0.25, 0.3) is 0 Å². The molecule has 0 N–H and O–H groups in total. The molecule has 0 radical (unpaired) electrons. The lowest BCUT2D eigenvalue weighted by Gasteiger charge is -2.39. The van der Waals surface area contributed by atoms with Gasteiger partial charge >= 0.3 is 6.69 Å². The first kappa shape index (κ1) is 11.0. The normalized spacial score (nSPS) is 29.5. The largest absolute Gasteiger partial charge is 0.549 e. The minimum atomic E-state index is -1.28. The van der Waals surface area contributed by atoms with Crippen molar-refractivity contribution in [1.82, 2.24) is 4.81 Å². The third-order valence-corrected chi connectivity index (χ3v) is 3.41. The van der Waals surface area contributed by atoms with E-state index in [4.69, 9.17) is 9.31 Å². The first-order valence-electron chi connectivity index (χ1n) is 4.86. The van der Waals surface area contributed by atoms with Crippen LogP contribution < -0.4 is 0 Å². The zero-order valence-electron chi connectivity index (χ0n) is 9.84. The Hall–Kier alpha value is -0.0551. The summed E-state index contributed by atoms with van der Waals surface area (Å²) in [6.07, 6.45) is 0. The Labute approximate surface area is 81.4 Å². The third kappa shape index (κ3) is 1.63. The second-order valence-corrected chi connectivity index (χ2v) is 5.26. The molecule has 0 amide bonds. The molecule has 0 spiro atoms. The van der Waals surface area contributed by atoms with Gasteiger partial charge in [-0.15, -0.1) is 6.82 Å². The smallest absolute Gasteiger partial charge is 0.315 e. The first-order chi connectivity index (χ1) is 5.61. The van der Waals surface area contributed by atoms with Crippen molar-refractivity contribution in [3.8, 4) is 0 Å². The van der Waals surface area contributed by atoms with Crippen LogP contribution in [0.3, 0.4) is 0 Å². The van der Waals surface area contributed by atoms with Gasteiger partial charge in [0.15, 0.2) is 0 Å². The van der Waals surface area contributed by atoms with Crippen LogP contribution in [0.5, 0.6) is 0 Å². The summed E-state index contributed by atoms with van der Waals surface area (Å²) < 4.78 is 12.0. The summed E-state index contributed by atoms with van der Waals surface area (Å²) in [6.45, 7) is 9.02. The fourth-order valence-corrected chi connectivity index (χ4v) is 1.61. The maximum atomic E-state index is 5.98. The molecule has 3 nitrogen and oxygen atoms in total. The van der Waals surface area contributed by atoms with Crippen LogP contribution in [0.4, 0.5) is 0 Å². The van der Waals surface area contributed by atoms with Crippen molar-refractivity contribution in [2.45, 2.75) is 45.7 Å². The van der Waals surface area contributed by atoms with E-state index in [-0.39, 0.29) is 11.2 Å². The summed E-state index contributed by atoms with van der Waals surface area (Å²) in [5, 5.41) is 0. The van der Waals surface area contributed by atoms with Gasteiger partial charge in [0.25, 0.3) is 0 Å². The molecule has 1 aliphatic rings. The highest BCUT2D eigenvalue weighted by molar-refractivity contribution is 6.63. The predicted molar refractivity (Wildman–Crippen MR) is 55.6 cm³/mol. The van der Waals surface area contributed by atoms with Gasteiger partial charge in [0.1, 0.15) is 0 Å². The second kappa shape index (κ2) is 2.72. The van der Waals surface area contributed by atoms with Gasteiger partial charge in [-0.05, 0) is 41.8 Å². The molecule has 0 aromatic carbocycles. The number of rotatable bonds is 1. The third-order valence-electron chi connectivity index (χ3n) is 3.41. The maximum Gasteiger partial charge on any atom is 0.315 e. The molecular weight excluding hydrogens is 165 g/mol. The number of hydrogen-bond acceptors (Lipinski definition) is 3. The maximum absolute atomic E-state index is 5.98. The van der Waals surface area contributed by atoms with E-state index in [1.54, 1.807) is 0 Å². The molecular formula is C9H21BNO2-. The standard InChI is InChI=1S/C9H21BNO2/c1-8(2)9(3,4)13-10(5,12-8)11(6)7/h1-7H3/q-1. The minimum Gasteiger partial charge on any atom is -0.549 e. The summed E-state index contributed by atoms with van der Waals surface area (Å²) in [7, 11) is 3.97. The van der Waals surface area contributed by atoms with E-state index < -0.39 is 6.69 Å². The molecule has 0 bridgehead atoms. The lowest BCUT2D eigenvalue weighted by Crippen LogP contribution is -2.50. The van der Waals surface area contributed by atoms with Gasteiger partial charge in [0, 0.05) is 11.2 Å².